The van der Waals surface area contributed by atoms with E-state index in [1.165, 1.54) is 23.1 Å². The van der Waals surface area contributed by atoms with E-state index in [0.717, 1.165) is 32.2 Å². The fourth-order valence-corrected chi connectivity index (χ4v) is 4.21. The summed E-state index contributed by atoms with van der Waals surface area (Å²) in [4.78, 5) is 18.8. The van der Waals surface area contributed by atoms with Crippen molar-refractivity contribution in [1.82, 2.24) is 14.7 Å². The van der Waals surface area contributed by atoms with Gasteiger partial charge in [0.2, 0.25) is 0 Å². The summed E-state index contributed by atoms with van der Waals surface area (Å²) >= 11 is 0. The molecular formula is C23H27F3N4O2. The number of nitrogens with zero attached hydrogens (tertiary/aromatic N) is 3. The van der Waals surface area contributed by atoms with E-state index < -0.39 is 34.6 Å². The number of likely N-dealkylation sites (N-methyl/N-ethyl adjacent to an activating group) is 1. The molecule has 0 aliphatic carbocycles. The summed E-state index contributed by atoms with van der Waals surface area (Å²) in [7, 11) is 2.05. The third kappa shape index (κ3) is 4.60. The molecule has 2 saturated heterocycles. The van der Waals surface area contributed by atoms with Crippen LogP contribution in [0.5, 0.6) is 0 Å². The number of carbonyl (C=O) groups excluding carboxylic acids is 1. The van der Waals surface area contributed by atoms with Crippen LogP contribution in [0, 0.1) is 24.4 Å². The van der Waals surface area contributed by atoms with Gasteiger partial charge in [-0.05, 0) is 43.8 Å². The number of β-amino-alcohol motifs (C(OH)–C–C–N with tert-alkyl or cyclic N) is 1. The van der Waals surface area contributed by atoms with Gasteiger partial charge in [0, 0.05) is 32.7 Å². The first-order valence-corrected chi connectivity index (χ1v) is 10.6. The molecule has 6 nitrogen and oxygen atoms in total. The Kier molecular flexibility index (Phi) is 6.15. The van der Waals surface area contributed by atoms with Crippen LogP contribution in [0.2, 0.25) is 0 Å². The van der Waals surface area contributed by atoms with E-state index in [1.54, 1.807) is 13.0 Å². The molecule has 2 heterocycles. The number of hydrogen-bond acceptors (Lipinski definition) is 5. The quantitative estimate of drug-likeness (QED) is 0.737. The first kappa shape index (κ1) is 22.6. The van der Waals surface area contributed by atoms with Gasteiger partial charge in [0.25, 0.3) is 5.91 Å². The number of anilines is 2. The second-order valence-electron chi connectivity index (χ2n) is 8.86. The van der Waals surface area contributed by atoms with E-state index in [-0.39, 0.29) is 24.3 Å². The third-order valence-corrected chi connectivity index (χ3v) is 6.08. The number of benzene rings is 2. The molecule has 0 aromatic heterocycles. The van der Waals surface area contributed by atoms with Crippen molar-refractivity contribution in [3.05, 3.63) is 58.9 Å². The van der Waals surface area contributed by atoms with E-state index in [0.29, 0.717) is 12.1 Å². The number of rotatable bonds is 5. The van der Waals surface area contributed by atoms with Crippen molar-refractivity contribution in [1.29, 1.82) is 0 Å². The summed E-state index contributed by atoms with van der Waals surface area (Å²) < 4.78 is 42.8. The Labute approximate surface area is 185 Å². The molecule has 4 rings (SSSR count). The maximum Gasteiger partial charge on any atom is 0.256 e. The average molecular weight is 448 g/mol. The normalized spacial score (nSPS) is 19.0. The number of nitrogens with one attached hydrogen (secondary N) is 1. The summed E-state index contributed by atoms with van der Waals surface area (Å²) in [6.07, 6.45) is 0. The SMILES string of the molecule is Cc1ccc(Nc2c(C(=O)N3CC(O)(CN4CCN(C)CC4)C3)ccc(F)c2F)c(F)c1. The van der Waals surface area contributed by atoms with E-state index >= 15 is 0 Å². The lowest BCUT2D eigenvalue weighted by atomic mass is 9.92. The van der Waals surface area contributed by atoms with Crippen LogP contribution in [-0.2, 0) is 0 Å². The summed E-state index contributed by atoms with van der Waals surface area (Å²) in [5, 5.41) is 13.4. The summed E-state index contributed by atoms with van der Waals surface area (Å²) in [5.74, 6) is -3.60. The zero-order chi connectivity index (χ0) is 23.0. The van der Waals surface area contributed by atoms with Gasteiger partial charge in [-0.15, -0.1) is 0 Å². The molecule has 2 aliphatic heterocycles. The highest BCUT2D eigenvalue weighted by Crippen LogP contribution is 2.32. The second kappa shape index (κ2) is 8.73. The molecule has 9 heteroatoms. The highest BCUT2D eigenvalue weighted by Gasteiger charge is 2.45. The van der Waals surface area contributed by atoms with Crippen LogP contribution in [0.4, 0.5) is 24.5 Å². The van der Waals surface area contributed by atoms with Gasteiger partial charge in [-0.3, -0.25) is 9.69 Å². The monoisotopic (exact) mass is 448 g/mol. The van der Waals surface area contributed by atoms with Crippen LogP contribution in [0.25, 0.3) is 0 Å². The number of aliphatic hydroxyl groups is 1. The highest BCUT2D eigenvalue weighted by atomic mass is 19.2. The molecule has 32 heavy (non-hydrogen) atoms. The third-order valence-electron chi connectivity index (χ3n) is 6.08. The minimum absolute atomic E-state index is 0.0654. The maximum absolute atomic E-state index is 14.6. The Hall–Kier alpha value is -2.62. The molecule has 0 saturated carbocycles. The lowest BCUT2D eigenvalue weighted by Gasteiger charge is -2.49. The van der Waals surface area contributed by atoms with E-state index in [4.69, 9.17) is 0 Å². The molecule has 2 fully saturated rings. The van der Waals surface area contributed by atoms with Gasteiger partial charge in [0.1, 0.15) is 11.4 Å². The molecule has 0 unspecified atom stereocenters. The van der Waals surface area contributed by atoms with E-state index in [9.17, 15) is 23.1 Å². The number of piperazine rings is 1. The van der Waals surface area contributed by atoms with Crippen molar-refractivity contribution in [2.75, 3.05) is 58.2 Å². The van der Waals surface area contributed by atoms with E-state index in [2.05, 4.69) is 15.1 Å². The minimum Gasteiger partial charge on any atom is -0.385 e. The van der Waals surface area contributed by atoms with Gasteiger partial charge in [-0.2, -0.15) is 0 Å². The van der Waals surface area contributed by atoms with Gasteiger partial charge >= 0.3 is 0 Å². The number of likely N-dealkylation sites (tertiary alicyclic amines) is 1. The first-order valence-electron chi connectivity index (χ1n) is 10.6. The molecule has 0 radical (unpaired) electrons. The number of halogens is 3. The average Bonchev–Trinajstić information content (AvgIpc) is 2.72. The molecule has 2 aromatic carbocycles. The summed E-state index contributed by atoms with van der Waals surface area (Å²) in [6, 6.07) is 6.33. The van der Waals surface area contributed by atoms with Crippen molar-refractivity contribution in [3.63, 3.8) is 0 Å². The molecule has 0 atom stereocenters. The van der Waals surface area contributed by atoms with Gasteiger partial charge in [-0.1, -0.05) is 6.07 Å². The number of hydrogen-bond donors (Lipinski definition) is 2. The smallest absolute Gasteiger partial charge is 0.256 e. The molecule has 1 amide bonds. The van der Waals surface area contributed by atoms with Crippen molar-refractivity contribution < 1.29 is 23.1 Å². The summed E-state index contributed by atoms with van der Waals surface area (Å²) in [5.41, 5.74) is -0.979. The molecule has 2 aliphatic rings. The van der Waals surface area contributed by atoms with Crippen molar-refractivity contribution in [2.45, 2.75) is 12.5 Å². The van der Waals surface area contributed by atoms with Crippen LogP contribution in [0.1, 0.15) is 15.9 Å². The Bertz CT molecular complexity index is 1020. The minimum atomic E-state index is -1.26. The van der Waals surface area contributed by atoms with Gasteiger partial charge in [0.05, 0.1) is 30.0 Å². The molecule has 2 aromatic rings. The van der Waals surface area contributed by atoms with Gasteiger partial charge in [0.15, 0.2) is 11.6 Å². The molecular weight excluding hydrogens is 421 g/mol. The highest BCUT2D eigenvalue weighted by molar-refractivity contribution is 6.01. The van der Waals surface area contributed by atoms with Crippen LogP contribution in [0.15, 0.2) is 30.3 Å². The fourth-order valence-electron chi connectivity index (χ4n) is 4.21. The van der Waals surface area contributed by atoms with Crippen LogP contribution >= 0.6 is 0 Å². The standard InChI is InChI=1S/C23H27F3N4O2/c1-15-3-6-19(18(25)11-15)27-21-16(4-5-17(24)20(21)26)22(31)30-13-23(32,14-30)12-29-9-7-28(2)8-10-29/h3-6,11,27,32H,7-10,12-14H2,1-2H3. The molecule has 0 bridgehead atoms. The van der Waals surface area contributed by atoms with E-state index in [1.807, 2.05) is 7.05 Å². The lowest BCUT2D eigenvalue weighted by Crippen LogP contribution is -2.68. The Morgan fingerprint density at radius 3 is 2.41 bits per heavy atom. The van der Waals surface area contributed by atoms with Crippen molar-refractivity contribution in [3.8, 4) is 0 Å². The zero-order valence-electron chi connectivity index (χ0n) is 18.2. The number of amides is 1. The maximum atomic E-state index is 14.6. The Morgan fingerprint density at radius 2 is 1.75 bits per heavy atom. The van der Waals surface area contributed by atoms with Crippen LogP contribution in [0.3, 0.4) is 0 Å². The first-order chi connectivity index (χ1) is 15.1. The molecule has 0 spiro atoms. The largest absolute Gasteiger partial charge is 0.385 e. The number of aryl methyl sites for hydroxylation is 1. The Morgan fingerprint density at radius 1 is 1.06 bits per heavy atom. The lowest BCUT2D eigenvalue weighted by molar-refractivity contribution is -0.101. The zero-order valence-corrected chi connectivity index (χ0v) is 18.2. The van der Waals surface area contributed by atoms with Crippen molar-refractivity contribution in [2.24, 2.45) is 0 Å². The fraction of sp³-hybridized carbons (Fsp3) is 0.435. The van der Waals surface area contributed by atoms with Gasteiger partial charge in [-0.25, -0.2) is 13.2 Å². The van der Waals surface area contributed by atoms with Crippen LogP contribution in [-0.4, -0.2) is 84.2 Å². The predicted molar refractivity (Wildman–Crippen MR) is 116 cm³/mol. The molecule has 172 valence electrons. The second-order valence-corrected chi connectivity index (χ2v) is 8.86. The van der Waals surface area contributed by atoms with Crippen LogP contribution < -0.4 is 5.32 Å². The Balaban J connectivity index is 1.49. The number of carbonyl (C=O) groups is 1. The predicted octanol–water partition coefficient (Wildman–Crippen LogP) is 2.59. The van der Waals surface area contributed by atoms with Crippen molar-refractivity contribution >= 4 is 17.3 Å². The topological polar surface area (TPSA) is 59.1 Å². The molecule has 2 N–H and O–H groups in total. The van der Waals surface area contributed by atoms with Gasteiger partial charge < -0.3 is 20.2 Å². The summed E-state index contributed by atoms with van der Waals surface area (Å²) in [6.45, 7) is 5.85.